The lowest BCUT2D eigenvalue weighted by molar-refractivity contribution is -0.140. The van der Waals surface area contributed by atoms with E-state index in [4.69, 9.17) is 5.11 Å². The molecule has 0 aliphatic heterocycles. The molecule has 0 aliphatic rings. The molecule has 102 valence electrons. The van der Waals surface area contributed by atoms with Gasteiger partial charge in [0.15, 0.2) is 0 Å². The van der Waals surface area contributed by atoms with E-state index in [1.165, 1.54) is 6.92 Å². The number of ketones is 1. The van der Waals surface area contributed by atoms with Crippen molar-refractivity contribution in [2.75, 3.05) is 6.54 Å². The Labute approximate surface area is 111 Å². The minimum Gasteiger partial charge on any atom is -0.481 e. The molecule has 1 atom stereocenters. The highest BCUT2D eigenvalue weighted by Gasteiger charge is 2.19. The molecule has 0 radical (unpaired) electrons. The Bertz CT molecular complexity index is 479. The van der Waals surface area contributed by atoms with Gasteiger partial charge in [0.1, 0.15) is 5.78 Å². The molecule has 1 aromatic carbocycles. The number of hydrogen-bond acceptors (Lipinski definition) is 3. The predicted molar refractivity (Wildman–Crippen MR) is 69.9 cm³/mol. The molecule has 2 N–H and O–H groups in total. The van der Waals surface area contributed by atoms with Crippen molar-refractivity contribution in [2.24, 2.45) is 5.92 Å². The molecule has 1 rings (SSSR count). The zero-order chi connectivity index (χ0) is 14.4. The van der Waals surface area contributed by atoms with Crippen molar-refractivity contribution >= 4 is 17.7 Å². The molecule has 0 heterocycles. The van der Waals surface area contributed by atoms with Crippen LogP contribution in [0.2, 0.25) is 0 Å². The summed E-state index contributed by atoms with van der Waals surface area (Å²) < 4.78 is 0. The van der Waals surface area contributed by atoms with Crippen LogP contribution in [0.3, 0.4) is 0 Å². The fourth-order valence-corrected chi connectivity index (χ4v) is 1.59. The zero-order valence-corrected chi connectivity index (χ0v) is 11.0. The standard InChI is InChI=1S/C14H17NO4/c1-9-3-5-11(6-4-9)14(19)15-8-12(10(2)16)7-13(17)18/h3-6,12H,7-8H2,1-2H3,(H,15,19)(H,17,18). The van der Waals surface area contributed by atoms with E-state index in [2.05, 4.69) is 5.32 Å². The maximum atomic E-state index is 11.8. The molecule has 0 spiro atoms. The second-order valence-corrected chi connectivity index (χ2v) is 4.48. The van der Waals surface area contributed by atoms with Crippen LogP contribution in [0.5, 0.6) is 0 Å². The SMILES string of the molecule is CC(=O)C(CNC(=O)c1ccc(C)cc1)CC(=O)O. The Morgan fingerprint density at radius 2 is 1.79 bits per heavy atom. The molecule has 1 unspecified atom stereocenters. The van der Waals surface area contributed by atoms with Crippen LogP contribution in [0, 0.1) is 12.8 Å². The molecule has 5 nitrogen and oxygen atoms in total. The average molecular weight is 263 g/mol. The first-order valence-corrected chi connectivity index (χ1v) is 5.97. The first kappa shape index (κ1) is 14.9. The molecule has 0 aliphatic carbocycles. The highest BCUT2D eigenvalue weighted by atomic mass is 16.4. The van der Waals surface area contributed by atoms with Crippen molar-refractivity contribution in [2.45, 2.75) is 20.3 Å². The van der Waals surface area contributed by atoms with Crippen LogP contribution in [0.25, 0.3) is 0 Å². The molecule has 0 saturated heterocycles. The van der Waals surface area contributed by atoms with E-state index >= 15 is 0 Å². The number of hydrogen-bond donors (Lipinski definition) is 2. The molecule has 1 amide bonds. The lowest BCUT2D eigenvalue weighted by atomic mass is 10.0. The fourth-order valence-electron chi connectivity index (χ4n) is 1.59. The number of aryl methyl sites for hydroxylation is 1. The van der Waals surface area contributed by atoms with E-state index in [1.54, 1.807) is 12.1 Å². The summed E-state index contributed by atoms with van der Waals surface area (Å²) in [6.07, 6.45) is -0.274. The lowest BCUT2D eigenvalue weighted by Crippen LogP contribution is -2.33. The highest BCUT2D eigenvalue weighted by molar-refractivity contribution is 5.94. The number of carbonyl (C=O) groups is 3. The van der Waals surface area contributed by atoms with Gasteiger partial charge >= 0.3 is 5.97 Å². The Hall–Kier alpha value is -2.17. The van der Waals surface area contributed by atoms with Gasteiger partial charge in [0.2, 0.25) is 0 Å². The number of rotatable bonds is 6. The van der Waals surface area contributed by atoms with Gasteiger partial charge in [0.25, 0.3) is 5.91 Å². The minimum absolute atomic E-state index is 0.0361. The average Bonchev–Trinajstić information content (AvgIpc) is 2.34. The molecule has 5 heteroatoms. The summed E-state index contributed by atoms with van der Waals surface area (Å²) in [5.41, 5.74) is 1.53. The van der Waals surface area contributed by atoms with Crippen LogP contribution in [-0.4, -0.2) is 29.3 Å². The number of benzene rings is 1. The van der Waals surface area contributed by atoms with Gasteiger partial charge in [0.05, 0.1) is 6.42 Å². The van der Waals surface area contributed by atoms with Gasteiger partial charge in [-0.05, 0) is 26.0 Å². The van der Waals surface area contributed by atoms with Gasteiger partial charge in [-0.3, -0.25) is 14.4 Å². The normalized spacial score (nSPS) is 11.7. The summed E-state index contributed by atoms with van der Waals surface area (Å²) in [6, 6.07) is 7.00. The van der Waals surface area contributed by atoms with Crippen molar-refractivity contribution in [1.82, 2.24) is 5.32 Å². The maximum Gasteiger partial charge on any atom is 0.304 e. The smallest absolute Gasteiger partial charge is 0.304 e. The summed E-state index contributed by atoms with van der Waals surface area (Å²) in [4.78, 5) is 33.7. The number of carboxylic acid groups (broad SMARTS) is 1. The Morgan fingerprint density at radius 3 is 2.26 bits per heavy atom. The number of carbonyl (C=O) groups excluding carboxylic acids is 2. The highest BCUT2D eigenvalue weighted by Crippen LogP contribution is 2.06. The van der Waals surface area contributed by atoms with Crippen LogP contribution < -0.4 is 5.32 Å². The third kappa shape index (κ3) is 4.91. The van der Waals surface area contributed by atoms with Gasteiger partial charge in [-0.2, -0.15) is 0 Å². The molecule has 0 aromatic heterocycles. The zero-order valence-electron chi connectivity index (χ0n) is 11.0. The van der Waals surface area contributed by atoms with E-state index in [1.807, 2.05) is 19.1 Å². The van der Waals surface area contributed by atoms with Gasteiger partial charge < -0.3 is 10.4 Å². The second-order valence-electron chi connectivity index (χ2n) is 4.48. The first-order valence-electron chi connectivity index (χ1n) is 5.97. The van der Waals surface area contributed by atoms with E-state index in [0.717, 1.165) is 5.56 Å². The summed E-state index contributed by atoms with van der Waals surface area (Å²) >= 11 is 0. The number of amides is 1. The van der Waals surface area contributed by atoms with Crippen LogP contribution in [0.15, 0.2) is 24.3 Å². The summed E-state index contributed by atoms with van der Waals surface area (Å²) in [5, 5.41) is 11.3. The molecular formula is C14H17NO4. The topological polar surface area (TPSA) is 83.5 Å². The van der Waals surface area contributed by atoms with Gasteiger partial charge in [-0.25, -0.2) is 0 Å². The first-order chi connectivity index (χ1) is 8.90. The van der Waals surface area contributed by atoms with Gasteiger partial charge in [-0.15, -0.1) is 0 Å². The van der Waals surface area contributed by atoms with Crippen molar-refractivity contribution in [3.8, 4) is 0 Å². The summed E-state index contributed by atoms with van der Waals surface area (Å²) in [5.74, 6) is -2.29. The van der Waals surface area contributed by atoms with Crippen molar-refractivity contribution in [3.05, 3.63) is 35.4 Å². The quantitative estimate of drug-likeness (QED) is 0.812. The second kappa shape index (κ2) is 6.68. The monoisotopic (exact) mass is 263 g/mol. The van der Waals surface area contributed by atoms with E-state index in [9.17, 15) is 14.4 Å². The molecule has 1 aromatic rings. The maximum absolute atomic E-state index is 11.8. The van der Waals surface area contributed by atoms with Crippen LogP contribution in [0.1, 0.15) is 29.3 Å². The van der Waals surface area contributed by atoms with Gasteiger partial charge in [-0.1, -0.05) is 17.7 Å². The molecular weight excluding hydrogens is 246 g/mol. The largest absolute Gasteiger partial charge is 0.481 e. The summed E-state index contributed by atoms with van der Waals surface area (Å²) in [7, 11) is 0. The molecule has 0 saturated carbocycles. The van der Waals surface area contributed by atoms with Gasteiger partial charge in [0, 0.05) is 18.0 Å². The number of nitrogens with one attached hydrogen (secondary N) is 1. The Balaban J connectivity index is 2.59. The third-order valence-electron chi connectivity index (χ3n) is 2.82. The van der Waals surface area contributed by atoms with Crippen LogP contribution >= 0.6 is 0 Å². The molecule has 19 heavy (non-hydrogen) atoms. The Morgan fingerprint density at radius 1 is 1.21 bits per heavy atom. The predicted octanol–water partition coefficient (Wildman–Crippen LogP) is 1.40. The lowest BCUT2D eigenvalue weighted by Gasteiger charge is -2.12. The number of Topliss-reactive ketones (excluding diaryl/α,β-unsaturated/α-hetero) is 1. The fraction of sp³-hybridized carbons (Fsp3) is 0.357. The van der Waals surface area contributed by atoms with E-state index < -0.39 is 11.9 Å². The van der Waals surface area contributed by atoms with Crippen molar-refractivity contribution in [3.63, 3.8) is 0 Å². The molecule has 0 bridgehead atoms. The summed E-state index contributed by atoms with van der Waals surface area (Å²) in [6.45, 7) is 3.28. The number of carboxylic acids is 1. The Kier molecular flexibility index (Phi) is 5.23. The van der Waals surface area contributed by atoms with Crippen LogP contribution in [-0.2, 0) is 9.59 Å². The molecule has 0 fully saturated rings. The van der Waals surface area contributed by atoms with Crippen molar-refractivity contribution in [1.29, 1.82) is 0 Å². The van der Waals surface area contributed by atoms with E-state index in [0.29, 0.717) is 5.56 Å². The third-order valence-corrected chi connectivity index (χ3v) is 2.82. The van der Waals surface area contributed by atoms with Crippen molar-refractivity contribution < 1.29 is 19.5 Å². The van der Waals surface area contributed by atoms with E-state index in [-0.39, 0.29) is 24.7 Å². The minimum atomic E-state index is -1.05. The number of aliphatic carboxylic acids is 1. The van der Waals surface area contributed by atoms with Crippen LogP contribution in [0.4, 0.5) is 0 Å².